The quantitative estimate of drug-likeness (QED) is 0.536. The lowest BCUT2D eigenvalue weighted by molar-refractivity contribution is -0.110. The lowest BCUT2D eigenvalue weighted by Crippen LogP contribution is -2.31. The normalized spacial score (nSPS) is 20.0. The van der Waals surface area contributed by atoms with Gasteiger partial charge in [-0.05, 0) is 20.3 Å². The van der Waals surface area contributed by atoms with Gasteiger partial charge in [-0.1, -0.05) is 25.5 Å². The summed E-state index contributed by atoms with van der Waals surface area (Å²) in [5.41, 5.74) is 1.16. The maximum absolute atomic E-state index is 10.5. The van der Waals surface area contributed by atoms with Gasteiger partial charge in [0.1, 0.15) is 6.29 Å². The van der Waals surface area contributed by atoms with Gasteiger partial charge in [-0.2, -0.15) is 0 Å². The summed E-state index contributed by atoms with van der Waals surface area (Å²) in [6, 6.07) is 0. The molecule has 0 radical (unpaired) electrons. The van der Waals surface area contributed by atoms with Crippen LogP contribution in [0.5, 0.6) is 0 Å². The topological polar surface area (TPSA) is 46.5 Å². The van der Waals surface area contributed by atoms with Gasteiger partial charge in [-0.25, -0.2) is 0 Å². The van der Waals surface area contributed by atoms with E-state index in [4.69, 9.17) is 4.74 Å². The van der Waals surface area contributed by atoms with Crippen LogP contribution in [0, 0.1) is 11.8 Å². The van der Waals surface area contributed by atoms with E-state index in [-0.39, 0.29) is 17.9 Å². The van der Waals surface area contributed by atoms with Gasteiger partial charge < -0.3 is 14.6 Å². The van der Waals surface area contributed by atoms with Gasteiger partial charge in [0.25, 0.3) is 0 Å². The van der Waals surface area contributed by atoms with Crippen LogP contribution in [-0.4, -0.2) is 30.7 Å². The molecule has 0 aliphatic carbocycles. The van der Waals surface area contributed by atoms with Crippen molar-refractivity contribution in [1.29, 1.82) is 0 Å². The summed E-state index contributed by atoms with van der Waals surface area (Å²) in [7, 11) is 1.60. The highest BCUT2D eigenvalue weighted by molar-refractivity contribution is 5.53. The fourth-order valence-electron chi connectivity index (χ4n) is 2.02. The minimum Gasteiger partial charge on any atom is -0.391 e. The summed E-state index contributed by atoms with van der Waals surface area (Å²) in [6.45, 7) is 7.64. The molecule has 0 aromatic carbocycles. The zero-order valence-electron chi connectivity index (χ0n) is 10.9. The number of allylic oxidation sites excluding steroid dienone is 1. The van der Waals surface area contributed by atoms with Gasteiger partial charge in [0.15, 0.2) is 0 Å². The van der Waals surface area contributed by atoms with Crippen LogP contribution in [0.1, 0.15) is 34.1 Å². The van der Waals surface area contributed by atoms with Crippen molar-refractivity contribution >= 4 is 6.29 Å². The van der Waals surface area contributed by atoms with Gasteiger partial charge >= 0.3 is 0 Å². The molecule has 0 amide bonds. The molecule has 1 N–H and O–H groups in total. The lowest BCUT2D eigenvalue weighted by atomic mass is 9.95. The first-order chi connectivity index (χ1) is 7.42. The number of aliphatic hydroxyl groups is 1. The SMILES string of the molecule is CO[C@@H]([C@@H](C)O)[C@@H](C)/C=C(\C)C[C@H](C)C=O. The van der Waals surface area contributed by atoms with Crippen LogP contribution < -0.4 is 0 Å². The Bertz CT molecular complexity index is 233. The van der Waals surface area contributed by atoms with Gasteiger partial charge in [-0.3, -0.25) is 0 Å². The van der Waals surface area contributed by atoms with Crippen molar-refractivity contribution in [3.63, 3.8) is 0 Å². The molecule has 0 bridgehead atoms. The Hall–Kier alpha value is -0.670. The van der Waals surface area contributed by atoms with Crippen molar-refractivity contribution in [3.05, 3.63) is 11.6 Å². The molecule has 0 aliphatic rings. The van der Waals surface area contributed by atoms with Crippen molar-refractivity contribution in [2.24, 2.45) is 11.8 Å². The van der Waals surface area contributed by atoms with Crippen LogP contribution in [0.3, 0.4) is 0 Å². The van der Waals surface area contributed by atoms with E-state index in [1.165, 1.54) is 0 Å². The van der Waals surface area contributed by atoms with E-state index in [0.717, 1.165) is 18.3 Å². The smallest absolute Gasteiger partial charge is 0.123 e. The molecule has 3 heteroatoms. The summed E-state index contributed by atoms with van der Waals surface area (Å²) in [5.74, 6) is 0.194. The van der Waals surface area contributed by atoms with Gasteiger partial charge in [0.2, 0.25) is 0 Å². The summed E-state index contributed by atoms with van der Waals surface area (Å²) in [6.07, 6.45) is 3.11. The zero-order valence-corrected chi connectivity index (χ0v) is 10.9. The number of methoxy groups -OCH3 is 1. The Balaban J connectivity index is 4.43. The second kappa shape index (κ2) is 7.58. The molecule has 0 spiro atoms. The highest BCUT2D eigenvalue weighted by Gasteiger charge is 2.20. The molecule has 0 aromatic rings. The van der Waals surface area contributed by atoms with Gasteiger partial charge in [0.05, 0.1) is 12.2 Å². The number of ether oxygens (including phenoxy) is 1. The summed E-state index contributed by atoms with van der Waals surface area (Å²) in [5, 5.41) is 9.51. The summed E-state index contributed by atoms with van der Waals surface area (Å²) >= 11 is 0. The van der Waals surface area contributed by atoms with Crippen molar-refractivity contribution in [2.75, 3.05) is 7.11 Å². The second-order valence-corrected chi connectivity index (χ2v) is 4.63. The molecule has 16 heavy (non-hydrogen) atoms. The third-order valence-corrected chi connectivity index (χ3v) is 2.69. The fraction of sp³-hybridized carbons (Fsp3) is 0.769. The minimum absolute atomic E-state index is 0.0518. The van der Waals surface area contributed by atoms with Crippen LogP contribution in [0.25, 0.3) is 0 Å². The van der Waals surface area contributed by atoms with Crippen molar-refractivity contribution in [3.8, 4) is 0 Å². The third-order valence-electron chi connectivity index (χ3n) is 2.69. The number of hydrogen-bond acceptors (Lipinski definition) is 3. The first-order valence-corrected chi connectivity index (χ1v) is 5.75. The molecule has 4 atom stereocenters. The molecule has 0 unspecified atom stereocenters. The summed E-state index contributed by atoms with van der Waals surface area (Å²) in [4.78, 5) is 10.5. The fourth-order valence-corrected chi connectivity index (χ4v) is 2.02. The summed E-state index contributed by atoms with van der Waals surface area (Å²) < 4.78 is 5.24. The number of hydrogen-bond donors (Lipinski definition) is 1. The Morgan fingerprint density at radius 2 is 1.94 bits per heavy atom. The number of aldehydes is 1. The second-order valence-electron chi connectivity index (χ2n) is 4.63. The van der Waals surface area contributed by atoms with Crippen LogP contribution in [0.2, 0.25) is 0 Å². The van der Waals surface area contributed by atoms with E-state index in [1.807, 2.05) is 20.8 Å². The first kappa shape index (κ1) is 15.3. The molecular formula is C13H24O3. The van der Waals surface area contributed by atoms with Crippen molar-refractivity contribution in [2.45, 2.75) is 46.3 Å². The van der Waals surface area contributed by atoms with Crippen molar-refractivity contribution in [1.82, 2.24) is 0 Å². The number of rotatable bonds is 7. The molecule has 0 saturated heterocycles. The maximum Gasteiger partial charge on any atom is 0.123 e. The van der Waals surface area contributed by atoms with Crippen LogP contribution >= 0.6 is 0 Å². The van der Waals surface area contributed by atoms with Crippen LogP contribution in [-0.2, 0) is 9.53 Å². The van der Waals surface area contributed by atoms with E-state index >= 15 is 0 Å². The maximum atomic E-state index is 10.5. The molecule has 0 aliphatic heterocycles. The van der Waals surface area contributed by atoms with Crippen molar-refractivity contribution < 1.29 is 14.6 Å². The number of carbonyl (C=O) groups excluding carboxylic acids is 1. The highest BCUT2D eigenvalue weighted by atomic mass is 16.5. The molecule has 3 nitrogen and oxygen atoms in total. The Morgan fingerprint density at radius 1 is 1.38 bits per heavy atom. The molecule has 0 heterocycles. The minimum atomic E-state index is -0.493. The average Bonchev–Trinajstić information content (AvgIpc) is 2.17. The molecule has 94 valence electrons. The van der Waals surface area contributed by atoms with E-state index in [1.54, 1.807) is 14.0 Å². The molecule has 0 rings (SSSR count). The molecule has 0 fully saturated rings. The van der Waals surface area contributed by atoms with E-state index in [2.05, 4.69) is 6.08 Å². The largest absolute Gasteiger partial charge is 0.391 e. The third kappa shape index (κ3) is 5.42. The molecule has 0 aromatic heterocycles. The van der Waals surface area contributed by atoms with E-state index in [0.29, 0.717) is 0 Å². The van der Waals surface area contributed by atoms with Crippen LogP contribution in [0.4, 0.5) is 0 Å². The zero-order chi connectivity index (χ0) is 12.7. The highest BCUT2D eigenvalue weighted by Crippen LogP contribution is 2.17. The Morgan fingerprint density at radius 3 is 2.31 bits per heavy atom. The number of carbonyl (C=O) groups is 1. The average molecular weight is 228 g/mol. The van der Waals surface area contributed by atoms with E-state index < -0.39 is 6.10 Å². The monoisotopic (exact) mass is 228 g/mol. The van der Waals surface area contributed by atoms with Gasteiger partial charge in [0, 0.05) is 18.9 Å². The first-order valence-electron chi connectivity index (χ1n) is 5.75. The Labute approximate surface area is 98.5 Å². The standard InChI is InChI=1S/C13H24O3/c1-9(6-10(2)8-14)7-11(3)13(16-5)12(4)15/h7-8,10-13,15H,6H2,1-5H3/b9-7+/t10-,11-,12+,13+/m0/s1. The molecular weight excluding hydrogens is 204 g/mol. The molecule has 0 saturated carbocycles. The predicted molar refractivity (Wildman–Crippen MR) is 65.2 cm³/mol. The van der Waals surface area contributed by atoms with E-state index in [9.17, 15) is 9.90 Å². The van der Waals surface area contributed by atoms with Gasteiger partial charge in [-0.15, -0.1) is 0 Å². The Kier molecular flexibility index (Phi) is 7.26. The predicted octanol–water partition coefficient (Wildman–Crippen LogP) is 2.19. The lowest BCUT2D eigenvalue weighted by Gasteiger charge is -2.23. The number of aliphatic hydroxyl groups excluding tert-OH is 1. The van der Waals surface area contributed by atoms with Crippen LogP contribution in [0.15, 0.2) is 11.6 Å².